The second-order valence-corrected chi connectivity index (χ2v) is 4.41. The highest BCUT2D eigenvalue weighted by Gasteiger charge is 2.35. The third-order valence-corrected chi connectivity index (χ3v) is 3.11. The predicted octanol–water partition coefficient (Wildman–Crippen LogP) is 1.55. The van der Waals surface area contributed by atoms with E-state index in [1.54, 1.807) is 0 Å². The van der Waals surface area contributed by atoms with Crippen molar-refractivity contribution in [1.29, 1.82) is 0 Å². The van der Waals surface area contributed by atoms with Gasteiger partial charge >= 0.3 is 0 Å². The van der Waals surface area contributed by atoms with E-state index in [1.165, 1.54) is 0 Å². The molecule has 0 bridgehead atoms. The van der Waals surface area contributed by atoms with Gasteiger partial charge in [0.1, 0.15) is 6.61 Å². The number of alkyl halides is 2. The number of likely N-dealkylation sites (N-methyl/N-ethyl adjacent to an activating group) is 1. The summed E-state index contributed by atoms with van der Waals surface area (Å²) in [5, 5.41) is 12.6. The third-order valence-electron chi connectivity index (χ3n) is 3.11. The van der Waals surface area contributed by atoms with Gasteiger partial charge in [-0.3, -0.25) is 0 Å². The van der Waals surface area contributed by atoms with Crippen LogP contribution in [0.5, 0.6) is 0 Å². The molecule has 1 saturated carbocycles. The Kier molecular flexibility index (Phi) is 5.58. The summed E-state index contributed by atoms with van der Waals surface area (Å²) in [7, 11) is 0. The van der Waals surface area contributed by atoms with Crippen molar-refractivity contribution in [3.8, 4) is 0 Å². The molecule has 2 atom stereocenters. The Morgan fingerprint density at radius 1 is 1.56 bits per heavy atom. The van der Waals surface area contributed by atoms with E-state index in [2.05, 4.69) is 5.32 Å². The molecular formula is C11H21F2NO2. The van der Waals surface area contributed by atoms with Crippen molar-refractivity contribution < 1.29 is 18.6 Å². The summed E-state index contributed by atoms with van der Waals surface area (Å²) >= 11 is 0. The molecule has 0 aliphatic heterocycles. The summed E-state index contributed by atoms with van der Waals surface area (Å²) in [5.74, 6) is 0. The number of hydrogen-bond donors (Lipinski definition) is 2. The van der Waals surface area contributed by atoms with Crippen LogP contribution in [0.25, 0.3) is 0 Å². The molecule has 0 heterocycles. The average molecular weight is 237 g/mol. The fourth-order valence-corrected chi connectivity index (χ4v) is 2.39. The molecule has 2 N–H and O–H groups in total. The zero-order valence-corrected chi connectivity index (χ0v) is 9.72. The summed E-state index contributed by atoms with van der Waals surface area (Å²) in [4.78, 5) is 0. The van der Waals surface area contributed by atoms with E-state index in [1.807, 2.05) is 6.92 Å². The minimum atomic E-state index is -2.41. The Balaban J connectivity index is 2.44. The van der Waals surface area contributed by atoms with Crippen LogP contribution >= 0.6 is 0 Å². The standard InChI is InChI=1S/C11H21F2NO2/c1-2-14-11(8-15)5-3-4-9(6-11)16-7-10(12)13/h9-10,14-15H,2-8H2,1H3. The highest BCUT2D eigenvalue weighted by molar-refractivity contribution is 4.93. The van der Waals surface area contributed by atoms with E-state index in [-0.39, 0.29) is 18.2 Å². The van der Waals surface area contributed by atoms with Crippen LogP contribution in [-0.2, 0) is 4.74 Å². The molecule has 0 spiro atoms. The first-order chi connectivity index (χ1) is 7.62. The second kappa shape index (κ2) is 6.47. The number of aliphatic hydroxyl groups excluding tert-OH is 1. The largest absolute Gasteiger partial charge is 0.394 e. The first kappa shape index (κ1) is 13.8. The van der Waals surface area contributed by atoms with Crippen LogP contribution in [0.15, 0.2) is 0 Å². The van der Waals surface area contributed by atoms with Gasteiger partial charge < -0.3 is 15.2 Å². The van der Waals surface area contributed by atoms with E-state index >= 15 is 0 Å². The summed E-state index contributed by atoms with van der Waals surface area (Å²) in [6, 6.07) is 0. The molecule has 1 aliphatic rings. The lowest BCUT2D eigenvalue weighted by Crippen LogP contribution is -2.53. The highest BCUT2D eigenvalue weighted by Crippen LogP contribution is 2.30. The zero-order valence-electron chi connectivity index (χ0n) is 9.72. The average Bonchev–Trinajstić information content (AvgIpc) is 2.27. The highest BCUT2D eigenvalue weighted by atomic mass is 19.3. The molecule has 96 valence electrons. The third kappa shape index (κ3) is 3.96. The summed E-state index contributed by atoms with van der Waals surface area (Å²) in [5.41, 5.74) is -0.334. The zero-order chi connectivity index (χ0) is 12.0. The van der Waals surface area contributed by atoms with Crippen LogP contribution in [-0.4, -0.2) is 42.9 Å². The van der Waals surface area contributed by atoms with Crippen LogP contribution < -0.4 is 5.32 Å². The fraction of sp³-hybridized carbons (Fsp3) is 1.00. The number of halogens is 2. The number of rotatable bonds is 6. The molecular weight excluding hydrogens is 216 g/mol. The van der Waals surface area contributed by atoms with Crippen LogP contribution in [0.2, 0.25) is 0 Å². The summed E-state index contributed by atoms with van der Waals surface area (Å²) < 4.78 is 29.2. The number of nitrogens with one attached hydrogen (secondary N) is 1. The molecule has 0 aromatic rings. The van der Waals surface area contributed by atoms with Gasteiger partial charge in [0.25, 0.3) is 6.43 Å². The fourth-order valence-electron chi connectivity index (χ4n) is 2.39. The predicted molar refractivity (Wildman–Crippen MR) is 57.7 cm³/mol. The lowest BCUT2D eigenvalue weighted by atomic mass is 9.80. The maximum Gasteiger partial charge on any atom is 0.261 e. The van der Waals surface area contributed by atoms with E-state index in [0.29, 0.717) is 6.42 Å². The van der Waals surface area contributed by atoms with E-state index in [4.69, 9.17) is 4.74 Å². The summed E-state index contributed by atoms with van der Waals surface area (Å²) in [6.07, 6.45) is 0.635. The van der Waals surface area contributed by atoms with Gasteiger partial charge in [-0.1, -0.05) is 6.92 Å². The van der Waals surface area contributed by atoms with Gasteiger partial charge in [-0.05, 0) is 32.2 Å². The first-order valence-electron chi connectivity index (χ1n) is 5.87. The van der Waals surface area contributed by atoms with Crippen molar-refractivity contribution in [2.24, 2.45) is 0 Å². The first-order valence-corrected chi connectivity index (χ1v) is 5.87. The molecule has 2 unspecified atom stereocenters. The minimum Gasteiger partial charge on any atom is -0.394 e. The normalized spacial score (nSPS) is 30.9. The molecule has 0 aromatic heterocycles. The van der Waals surface area contributed by atoms with Gasteiger partial charge in [0.05, 0.1) is 12.7 Å². The van der Waals surface area contributed by atoms with Crippen molar-refractivity contribution in [1.82, 2.24) is 5.32 Å². The monoisotopic (exact) mass is 237 g/mol. The lowest BCUT2D eigenvalue weighted by Gasteiger charge is -2.40. The molecule has 1 rings (SSSR count). The lowest BCUT2D eigenvalue weighted by molar-refractivity contribution is -0.0579. The summed E-state index contributed by atoms with van der Waals surface area (Å²) in [6.45, 7) is 2.27. The maximum atomic E-state index is 12.0. The van der Waals surface area contributed by atoms with Gasteiger partial charge in [-0.25, -0.2) is 8.78 Å². The number of hydrogen-bond acceptors (Lipinski definition) is 3. The van der Waals surface area contributed by atoms with E-state index in [9.17, 15) is 13.9 Å². The van der Waals surface area contributed by atoms with E-state index < -0.39 is 13.0 Å². The van der Waals surface area contributed by atoms with Crippen LogP contribution in [0.3, 0.4) is 0 Å². The molecule has 1 fully saturated rings. The van der Waals surface area contributed by atoms with Gasteiger partial charge in [0.2, 0.25) is 0 Å². The van der Waals surface area contributed by atoms with Crippen LogP contribution in [0.4, 0.5) is 8.78 Å². The maximum absolute atomic E-state index is 12.0. The Morgan fingerprint density at radius 3 is 2.88 bits per heavy atom. The molecule has 1 aliphatic carbocycles. The molecule has 0 radical (unpaired) electrons. The van der Waals surface area contributed by atoms with Crippen LogP contribution in [0, 0.1) is 0 Å². The number of ether oxygens (including phenoxy) is 1. The van der Waals surface area contributed by atoms with Gasteiger partial charge in [0.15, 0.2) is 0 Å². The minimum absolute atomic E-state index is 0.0371. The molecule has 5 heteroatoms. The molecule has 16 heavy (non-hydrogen) atoms. The molecule has 0 saturated heterocycles. The Labute approximate surface area is 95.2 Å². The van der Waals surface area contributed by atoms with Crippen molar-refractivity contribution in [2.45, 2.75) is 50.7 Å². The molecule has 3 nitrogen and oxygen atoms in total. The second-order valence-electron chi connectivity index (χ2n) is 4.41. The van der Waals surface area contributed by atoms with Gasteiger partial charge in [0, 0.05) is 5.54 Å². The smallest absolute Gasteiger partial charge is 0.261 e. The van der Waals surface area contributed by atoms with Crippen LogP contribution in [0.1, 0.15) is 32.6 Å². The topological polar surface area (TPSA) is 41.5 Å². The number of aliphatic hydroxyl groups is 1. The van der Waals surface area contributed by atoms with Gasteiger partial charge in [-0.2, -0.15) is 0 Å². The van der Waals surface area contributed by atoms with Crippen molar-refractivity contribution in [2.75, 3.05) is 19.8 Å². The quantitative estimate of drug-likeness (QED) is 0.736. The van der Waals surface area contributed by atoms with Crippen molar-refractivity contribution in [3.05, 3.63) is 0 Å². The Morgan fingerprint density at radius 2 is 2.31 bits per heavy atom. The Bertz CT molecular complexity index is 200. The van der Waals surface area contributed by atoms with Crippen molar-refractivity contribution >= 4 is 0 Å². The van der Waals surface area contributed by atoms with Crippen molar-refractivity contribution in [3.63, 3.8) is 0 Å². The molecule has 0 aromatic carbocycles. The SMILES string of the molecule is CCNC1(CO)CCCC(OCC(F)F)C1. The van der Waals surface area contributed by atoms with E-state index in [0.717, 1.165) is 25.8 Å². The molecule has 0 amide bonds. The van der Waals surface area contributed by atoms with Gasteiger partial charge in [-0.15, -0.1) is 0 Å². The Hall–Kier alpha value is -0.260.